The molecule has 0 atom stereocenters. The molecular weight excluding hydrogens is 983 g/mol. The first-order valence-corrected chi connectivity index (χ1v) is 26.1. The lowest BCUT2D eigenvalue weighted by Crippen LogP contribution is -2.51. The maximum atomic E-state index is 15.8. The second kappa shape index (κ2) is 24.8. The van der Waals surface area contributed by atoms with E-state index in [-0.39, 0.29) is 37.6 Å². The van der Waals surface area contributed by atoms with Crippen LogP contribution in [0.1, 0.15) is 56.5 Å². The molecule has 5 aromatic heterocycles. The number of aryl methyl sites for hydroxylation is 2. The van der Waals surface area contributed by atoms with E-state index in [1.165, 1.54) is 13.5 Å². The van der Waals surface area contributed by atoms with Gasteiger partial charge in [0.1, 0.15) is 18.1 Å². The highest BCUT2D eigenvalue weighted by Gasteiger charge is 2.54. The van der Waals surface area contributed by atoms with Gasteiger partial charge < -0.3 is 67.0 Å². The maximum absolute atomic E-state index is 15.8. The van der Waals surface area contributed by atoms with Crippen molar-refractivity contribution < 1.29 is 50.8 Å². The Hall–Kier alpha value is -6.99. The number of rotatable bonds is 28. The SMILES string of the molecule is CC1=CC(C)=[N+]2C1=C(CCCCCNC(=O)COCCOCCOCCOCCNC(=O)COc1ccc(N3CCN(CCn4ncc5c4nc(N)n4nc(-c6ccco6)nc54)CC3)cc1)c1c(C)cc(C)n1[B-]2(F)F. The summed E-state index contributed by atoms with van der Waals surface area (Å²) < 4.78 is 70.7. The second-order valence-corrected chi connectivity index (χ2v) is 19.2. The highest BCUT2D eigenvalue weighted by atomic mass is 19.2. The number of unbranched alkanes of at least 4 members (excludes halogenated alkanes) is 2. The highest BCUT2D eigenvalue weighted by Crippen LogP contribution is 2.43. The molecule has 1 fully saturated rings. The number of amides is 2. The maximum Gasteiger partial charge on any atom is 0.737 e. The van der Waals surface area contributed by atoms with Gasteiger partial charge in [-0.25, -0.2) is 9.67 Å². The number of ether oxygens (including phenoxy) is 5. The number of allylic oxidation sites excluding steroid dienone is 3. The Morgan fingerprint density at radius 3 is 2.26 bits per heavy atom. The van der Waals surface area contributed by atoms with Gasteiger partial charge in [0.2, 0.25) is 17.7 Å². The third-order valence-electron chi connectivity index (χ3n) is 13.8. The van der Waals surface area contributed by atoms with Crippen molar-refractivity contribution in [3.8, 4) is 17.3 Å². The van der Waals surface area contributed by atoms with E-state index in [0.29, 0.717) is 117 Å². The number of halogens is 2. The van der Waals surface area contributed by atoms with Crippen LogP contribution in [0.25, 0.3) is 33.8 Å². The number of benzene rings is 1. The number of anilines is 2. The lowest BCUT2D eigenvalue weighted by atomic mass is 9.84. The lowest BCUT2D eigenvalue weighted by molar-refractivity contribution is -0.363. The summed E-state index contributed by atoms with van der Waals surface area (Å²) in [7, 11) is 0. The summed E-state index contributed by atoms with van der Waals surface area (Å²) >= 11 is 0. The van der Waals surface area contributed by atoms with E-state index in [4.69, 9.17) is 33.8 Å². The van der Waals surface area contributed by atoms with E-state index < -0.39 is 6.97 Å². The molecule has 406 valence electrons. The molecule has 0 unspecified atom stereocenters. The summed E-state index contributed by atoms with van der Waals surface area (Å²) in [6.07, 6.45) is 8.28. The topological polar surface area (TPSA) is 219 Å². The number of nitrogens with one attached hydrogen (secondary N) is 2. The van der Waals surface area contributed by atoms with Crippen molar-refractivity contribution in [3.05, 3.63) is 89.2 Å². The smallest absolute Gasteiger partial charge is 0.484 e. The Kier molecular flexibility index (Phi) is 17.6. The molecule has 0 bridgehead atoms. The van der Waals surface area contributed by atoms with Crippen molar-refractivity contribution in [1.29, 1.82) is 0 Å². The first-order valence-electron chi connectivity index (χ1n) is 26.1. The van der Waals surface area contributed by atoms with Gasteiger partial charge in [-0.05, 0) is 93.8 Å². The van der Waals surface area contributed by atoms with Crippen molar-refractivity contribution in [2.75, 3.05) is 116 Å². The van der Waals surface area contributed by atoms with Gasteiger partial charge in [0.05, 0.1) is 70.6 Å². The standard InChI is InChI=1S/C52H68BF2N13O8/c1-36-31-38(3)66-47(36)42(48-37(2)32-39(4)67(48)53(66,54)55)9-6-5-7-15-57-45(69)34-74-30-29-73-28-27-72-26-25-71-24-16-58-46(70)35-76-41-13-11-40(12-14-41)64-20-17-63(18-21-64)19-22-65-50-43(33-59-65)51-60-49(44-10-8-23-75-44)62-68(51)52(56)61-50/h8,10-14,23,31-33H,5-7,9,15-22,24-30,34-35H2,1-4H3,(H2,56,61)(H,57,69)(H,58,70). The van der Waals surface area contributed by atoms with Gasteiger partial charge in [-0.2, -0.15) is 14.6 Å². The van der Waals surface area contributed by atoms with Gasteiger partial charge in [0, 0.05) is 81.3 Å². The molecule has 2 amide bonds. The Morgan fingerprint density at radius 1 is 0.816 bits per heavy atom. The van der Waals surface area contributed by atoms with Crippen LogP contribution in [-0.4, -0.2) is 173 Å². The Bertz CT molecular complexity index is 3070. The van der Waals surface area contributed by atoms with Crippen molar-refractivity contribution in [2.45, 2.75) is 59.9 Å². The number of hydrogen-bond acceptors (Lipinski definition) is 15. The van der Waals surface area contributed by atoms with Gasteiger partial charge in [-0.15, -0.1) is 5.10 Å². The minimum absolute atomic E-state index is 0.0601. The molecule has 0 saturated carbocycles. The minimum atomic E-state index is -3.96. The van der Waals surface area contributed by atoms with Crippen LogP contribution < -0.4 is 26.0 Å². The predicted octanol–water partition coefficient (Wildman–Crippen LogP) is 4.88. The van der Waals surface area contributed by atoms with Crippen LogP contribution in [0.3, 0.4) is 0 Å². The van der Waals surface area contributed by atoms with E-state index >= 15 is 8.63 Å². The van der Waals surface area contributed by atoms with Crippen molar-refractivity contribution in [3.63, 3.8) is 0 Å². The van der Waals surface area contributed by atoms with Gasteiger partial charge in [-0.3, -0.25) is 14.5 Å². The summed E-state index contributed by atoms with van der Waals surface area (Å²) in [6, 6.07) is 13.2. The molecule has 76 heavy (non-hydrogen) atoms. The third kappa shape index (κ3) is 12.5. The molecule has 3 aliphatic rings. The minimum Gasteiger partial charge on any atom is -0.484 e. The molecule has 8 heterocycles. The zero-order valence-corrected chi connectivity index (χ0v) is 43.8. The molecule has 4 N–H and O–H groups in total. The molecule has 0 aliphatic carbocycles. The van der Waals surface area contributed by atoms with Gasteiger partial charge in [-0.1, -0.05) is 6.42 Å². The number of furan rings is 1. The molecule has 0 radical (unpaired) electrons. The average Bonchev–Trinajstić information content (AvgIpc) is 4.27. The van der Waals surface area contributed by atoms with Crippen LogP contribution in [-0.2, 0) is 35.1 Å². The molecule has 1 aromatic carbocycles. The monoisotopic (exact) mass is 1050 g/mol. The van der Waals surface area contributed by atoms with Crippen molar-refractivity contribution in [2.24, 2.45) is 0 Å². The summed E-state index contributed by atoms with van der Waals surface area (Å²) in [6.45, 7) is 11.4. The largest absolute Gasteiger partial charge is 0.737 e. The predicted molar refractivity (Wildman–Crippen MR) is 283 cm³/mol. The van der Waals surface area contributed by atoms with E-state index in [0.717, 1.165) is 79.8 Å². The van der Waals surface area contributed by atoms with E-state index in [1.807, 2.05) is 54.9 Å². The second-order valence-electron chi connectivity index (χ2n) is 19.2. The van der Waals surface area contributed by atoms with Crippen LogP contribution in [0.4, 0.5) is 20.3 Å². The number of fused-ring (bicyclic) bond motifs is 5. The van der Waals surface area contributed by atoms with Crippen LogP contribution in [0, 0.1) is 13.8 Å². The first-order chi connectivity index (χ1) is 36.9. The highest BCUT2D eigenvalue weighted by molar-refractivity contribution is 6.58. The van der Waals surface area contributed by atoms with Crippen molar-refractivity contribution >= 4 is 58.4 Å². The number of nitrogens with zero attached hydrogens (tertiary/aromatic N) is 10. The zero-order chi connectivity index (χ0) is 53.2. The Morgan fingerprint density at radius 2 is 1.53 bits per heavy atom. The van der Waals surface area contributed by atoms with Crippen LogP contribution in [0.5, 0.6) is 5.75 Å². The van der Waals surface area contributed by atoms with E-state index in [2.05, 4.69) is 40.6 Å². The molecule has 9 rings (SSSR count). The molecule has 6 aromatic rings. The number of aromatic nitrogens is 7. The molecule has 21 nitrogen and oxygen atoms in total. The Balaban J connectivity index is 0.547. The zero-order valence-electron chi connectivity index (χ0n) is 43.8. The van der Waals surface area contributed by atoms with Crippen LogP contribution in [0.2, 0.25) is 0 Å². The number of carbonyl (C=O) groups is 2. The number of piperazine rings is 1. The third-order valence-corrected chi connectivity index (χ3v) is 13.8. The number of carbonyl (C=O) groups excluding carboxylic acids is 2. The normalized spacial score (nSPS) is 15.5. The molecular formula is C52H68BF2N13O8. The fraction of sp³-hybridized carbons (Fsp3) is 0.481. The molecule has 24 heteroatoms. The van der Waals surface area contributed by atoms with E-state index in [1.54, 1.807) is 38.4 Å². The molecule has 0 spiro atoms. The number of nitrogen functional groups attached to an aromatic ring is 1. The fourth-order valence-electron chi connectivity index (χ4n) is 10.2. The molecule has 1 saturated heterocycles. The van der Waals surface area contributed by atoms with Crippen LogP contribution >= 0.6 is 0 Å². The van der Waals surface area contributed by atoms with Gasteiger partial charge >= 0.3 is 6.97 Å². The summed E-state index contributed by atoms with van der Waals surface area (Å²) in [5.74, 6) is 1.39. The molecule has 3 aliphatic heterocycles. The van der Waals surface area contributed by atoms with Gasteiger partial charge in [0.15, 0.2) is 29.4 Å². The lowest BCUT2D eigenvalue weighted by Gasteiger charge is -2.36. The average molecular weight is 1050 g/mol. The van der Waals surface area contributed by atoms with Crippen molar-refractivity contribution in [1.82, 2.24) is 49.4 Å². The summed E-state index contributed by atoms with van der Waals surface area (Å²) in [5.41, 5.74) is 13.7. The van der Waals surface area contributed by atoms with Crippen LogP contribution in [0.15, 0.2) is 76.7 Å². The summed E-state index contributed by atoms with van der Waals surface area (Å²) in [5, 5.41) is 15.5. The number of nitrogens with two attached hydrogens (primary N) is 1. The number of hydrogen-bond donors (Lipinski definition) is 3. The fourth-order valence-corrected chi connectivity index (χ4v) is 10.2. The Labute approximate surface area is 439 Å². The summed E-state index contributed by atoms with van der Waals surface area (Å²) in [4.78, 5) is 38.6. The van der Waals surface area contributed by atoms with E-state index in [9.17, 15) is 9.59 Å². The quantitative estimate of drug-likeness (QED) is 0.0441. The van der Waals surface area contributed by atoms with Gasteiger partial charge in [0.25, 0.3) is 5.91 Å². The first kappa shape index (κ1) is 53.8.